The Morgan fingerprint density at radius 1 is 1.19 bits per heavy atom. The van der Waals surface area contributed by atoms with E-state index in [1.807, 2.05) is 24.3 Å². The number of benzene rings is 1. The van der Waals surface area contributed by atoms with Gasteiger partial charge in [0.15, 0.2) is 16.8 Å². The number of hydrogen-bond donors (Lipinski definition) is 1. The topological polar surface area (TPSA) is 66.8 Å². The van der Waals surface area contributed by atoms with E-state index in [9.17, 15) is 4.79 Å². The molecule has 1 atom stereocenters. The van der Waals surface area contributed by atoms with Crippen molar-refractivity contribution >= 4 is 17.5 Å². The fourth-order valence-corrected chi connectivity index (χ4v) is 3.89. The zero-order valence-corrected chi connectivity index (χ0v) is 16.7. The fraction of sp³-hybridized carbons (Fsp3) is 0.350. The molecule has 0 aliphatic rings. The summed E-state index contributed by atoms with van der Waals surface area (Å²) in [5.41, 5.74) is 1.81. The molecule has 3 aromatic rings. The maximum absolute atomic E-state index is 12.3. The molecule has 0 unspecified atom stereocenters. The fourth-order valence-electron chi connectivity index (χ4n) is 3.06. The first-order valence-electron chi connectivity index (χ1n) is 9.03. The molecular weight excluding hydrogens is 358 g/mol. The highest BCUT2D eigenvalue weighted by molar-refractivity contribution is 7.99. The molecule has 0 radical (unpaired) electrons. The van der Waals surface area contributed by atoms with Gasteiger partial charge in [-0.2, -0.15) is 0 Å². The molecule has 142 valence electrons. The van der Waals surface area contributed by atoms with E-state index >= 15 is 0 Å². The van der Waals surface area contributed by atoms with E-state index < -0.39 is 0 Å². The molecule has 2 heterocycles. The lowest BCUT2D eigenvalue weighted by Crippen LogP contribution is -2.23. The standard InChI is InChI=1S/C20H25N5OS/c1-4-17(24(2)3)19-22-23-20(25(19)13-15-9-6-5-7-10-15)27-14-18(26)16-11-8-12-21-16/h5-12,17,21H,4,13-14H2,1-3H3/t17-/m1/s1. The van der Waals surface area contributed by atoms with Crippen molar-refractivity contribution in [2.45, 2.75) is 31.1 Å². The first-order valence-corrected chi connectivity index (χ1v) is 10.0. The van der Waals surface area contributed by atoms with Gasteiger partial charge in [-0.05, 0) is 38.2 Å². The highest BCUT2D eigenvalue weighted by atomic mass is 32.2. The average molecular weight is 384 g/mol. The van der Waals surface area contributed by atoms with Gasteiger partial charge in [0, 0.05) is 6.20 Å². The van der Waals surface area contributed by atoms with Crippen molar-refractivity contribution in [2.24, 2.45) is 0 Å². The maximum atomic E-state index is 12.3. The van der Waals surface area contributed by atoms with Gasteiger partial charge in [-0.25, -0.2) is 0 Å². The number of carbonyl (C=O) groups excluding carboxylic acids is 1. The summed E-state index contributed by atoms with van der Waals surface area (Å²) < 4.78 is 2.14. The number of rotatable bonds is 9. The summed E-state index contributed by atoms with van der Waals surface area (Å²) in [5, 5.41) is 9.65. The Hall–Kier alpha value is -2.38. The van der Waals surface area contributed by atoms with Crippen LogP contribution in [0, 0.1) is 0 Å². The van der Waals surface area contributed by atoms with E-state index in [1.165, 1.54) is 17.3 Å². The van der Waals surface area contributed by atoms with Gasteiger partial charge in [0.2, 0.25) is 0 Å². The van der Waals surface area contributed by atoms with Crippen LogP contribution in [0.3, 0.4) is 0 Å². The molecule has 6 nitrogen and oxygen atoms in total. The van der Waals surface area contributed by atoms with Crippen LogP contribution in [0.1, 0.15) is 41.3 Å². The van der Waals surface area contributed by atoms with E-state index in [0.717, 1.165) is 17.4 Å². The van der Waals surface area contributed by atoms with Gasteiger partial charge in [0.25, 0.3) is 0 Å². The first kappa shape index (κ1) is 19.4. The molecule has 0 aliphatic heterocycles. The van der Waals surface area contributed by atoms with Crippen LogP contribution in [0.4, 0.5) is 0 Å². The second-order valence-corrected chi connectivity index (χ2v) is 7.54. The summed E-state index contributed by atoms with van der Waals surface area (Å²) >= 11 is 1.43. The molecule has 0 saturated heterocycles. The van der Waals surface area contributed by atoms with Crippen LogP contribution in [0.5, 0.6) is 0 Å². The number of Topliss-reactive ketones (excluding diaryl/α,β-unsaturated/α-hetero) is 1. The van der Waals surface area contributed by atoms with Crippen LogP contribution in [-0.4, -0.2) is 50.3 Å². The van der Waals surface area contributed by atoms with Crippen LogP contribution in [0.25, 0.3) is 0 Å². The Bertz CT molecular complexity index is 858. The van der Waals surface area contributed by atoms with Crippen molar-refractivity contribution < 1.29 is 4.79 Å². The van der Waals surface area contributed by atoms with Crippen molar-refractivity contribution in [3.8, 4) is 0 Å². The minimum Gasteiger partial charge on any atom is -0.359 e. The zero-order valence-electron chi connectivity index (χ0n) is 15.9. The van der Waals surface area contributed by atoms with Crippen LogP contribution in [0.15, 0.2) is 53.8 Å². The Labute approximate surface area is 164 Å². The lowest BCUT2D eigenvalue weighted by atomic mass is 10.2. The molecule has 0 saturated carbocycles. The molecule has 0 spiro atoms. The van der Waals surface area contributed by atoms with Crippen molar-refractivity contribution in [3.63, 3.8) is 0 Å². The first-order chi connectivity index (χ1) is 13.1. The number of ketones is 1. The molecule has 7 heteroatoms. The number of hydrogen-bond acceptors (Lipinski definition) is 5. The lowest BCUT2D eigenvalue weighted by molar-refractivity contribution is 0.101. The molecule has 2 aromatic heterocycles. The molecule has 3 rings (SSSR count). The van der Waals surface area contributed by atoms with Gasteiger partial charge in [-0.1, -0.05) is 49.0 Å². The predicted octanol–water partition coefficient (Wildman–Crippen LogP) is 3.64. The van der Waals surface area contributed by atoms with Gasteiger partial charge in [-0.3, -0.25) is 9.69 Å². The number of aromatic amines is 1. The number of nitrogens with one attached hydrogen (secondary N) is 1. The summed E-state index contributed by atoms with van der Waals surface area (Å²) in [6, 6.07) is 14.1. The quantitative estimate of drug-likeness (QED) is 0.451. The van der Waals surface area contributed by atoms with Gasteiger partial charge in [-0.15, -0.1) is 10.2 Å². The minimum atomic E-state index is 0.0560. The van der Waals surface area contributed by atoms with Crippen LogP contribution < -0.4 is 0 Å². The molecule has 1 N–H and O–H groups in total. The molecular formula is C20H25N5OS. The van der Waals surface area contributed by atoms with Crippen LogP contribution >= 0.6 is 11.8 Å². The monoisotopic (exact) mass is 383 g/mol. The Morgan fingerprint density at radius 3 is 2.59 bits per heavy atom. The van der Waals surface area contributed by atoms with Gasteiger partial charge < -0.3 is 9.55 Å². The number of thioether (sulfide) groups is 1. The van der Waals surface area contributed by atoms with Crippen molar-refractivity contribution in [1.29, 1.82) is 0 Å². The van der Waals surface area contributed by atoms with Crippen molar-refractivity contribution in [1.82, 2.24) is 24.6 Å². The number of nitrogens with zero attached hydrogens (tertiary/aromatic N) is 4. The van der Waals surface area contributed by atoms with E-state index in [0.29, 0.717) is 18.0 Å². The van der Waals surface area contributed by atoms with E-state index in [-0.39, 0.29) is 11.8 Å². The third-order valence-electron chi connectivity index (χ3n) is 4.47. The molecule has 1 aromatic carbocycles. The number of aromatic nitrogens is 4. The highest BCUT2D eigenvalue weighted by Crippen LogP contribution is 2.26. The summed E-state index contributed by atoms with van der Waals surface area (Å²) in [6.45, 7) is 2.83. The Kier molecular flexibility index (Phi) is 6.47. The van der Waals surface area contributed by atoms with E-state index in [1.54, 1.807) is 12.3 Å². The second-order valence-electron chi connectivity index (χ2n) is 6.60. The summed E-state index contributed by atoms with van der Waals surface area (Å²) in [6.07, 6.45) is 2.70. The summed E-state index contributed by atoms with van der Waals surface area (Å²) in [7, 11) is 4.11. The summed E-state index contributed by atoms with van der Waals surface area (Å²) in [4.78, 5) is 17.5. The second kappa shape index (κ2) is 9.01. The molecule has 0 aliphatic carbocycles. The highest BCUT2D eigenvalue weighted by Gasteiger charge is 2.22. The molecule has 0 fully saturated rings. The van der Waals surface area contributed by atoms with Gasteiger partial charge in [0.05, 0.1) is 24.0 Å². The van der Waals surface area contributed by atoms with Crippen LogP contribution in [-0.2, 0) is 6.54 Å². The minimum absolute atomic E-state index is 0.0560. The number of H-pyrrole nitrogens is 1. The van der Waals surface area contributed by atoms with E-state index in [2.05, 4.69) is 57.8 Å². The normalized spacial score (nSPS) is 12.4. The van der Waals surface area contributed by atoms with E-state index in [4.69, 9.17) is 0 Å². The number of carbonyl (C=O) groups is 1. The van der Waals surface area contributed by atoms with Crippen molar-refractivity contribution in [2.75, 3.05) is 19.8 Å². The molecule has 0 bridgehead atoms. The maximum Gasteiger partial charge on any atom is 0.192 e. The largest absolute Gasteiger partial charge is 0.359 e. The smallest absolute Gasteiger partial charge is 0.192 e. The SMILES string of the molecule is CC[C@H](c1nnc(SCC(=O)c2ccc[nH]2)n1Cc1ccccc1)N(C)C. The third kappa shape index (κ3) is 4.67. The van der Waals surface area contributed by atoms with Gasteiger partial charge in [0.1, 0.15) is 0 Å². The summed E-state index contributed by atoms with van der Waals surface area (Å²) in [5.74, 6) is 1.31. The predicted molar refractivity (Wildman–Crippen MR) is 108 cm³/mol. The average Bonchev–Trinajstić information content (AvgIpc) is 3.32. The zero-order chi connectivity index (χ0) is 19.2. The Balaban J connectivity index is 1.86. The molecule has 0 amide bonds. The van der Waals surface area contributed by atoms with Crippen molar-refractivity contribution in [3.05, 3.63) is 65.7 Å². The third-order valence-corrected chi connectivity index (χ3v) is 5.43. The molecule has 27 heavy (non-hydrogen) atoms. The van der Waals surface area contributed by atoms with Gasteiger partial charge >= 0.3 is 0 Å². The lowest BCUT2D eigenvalue weighted by Gasteiger charge is -2.23. The van der Waals surface area contributed by atoms with Crippen LogP contribution in [0.2, 0.25) is 0 Å². The Morgan fingerprint density at radius 2 is 1.96 bits per heavy atom.